The summed E-state index contributed by atoms with van der Waals surface area (Å²) in [6, 6.07) is 8.83. The van der Waals surface area contributed by atoms with E-state index >= 15 is 0 Å². The van der Waals surface area contributed by atoms with Gasteiger partial charge in [-0.1, -0.05) is 25.0 Å². The summed E-state index contributed by atoms with van der Waals surface area (Å²) in [6.45, 7) is 1.99. The summed E-state index contributed by atoms with van der Waals surface area (Å²) < 4.78 is 1.98. The number of hydrogen-bond donors (Lipinski definition) is 1. The van der Waals surface area contributed by atoms with Crippen molar-refractivity contribution >= 4 is 11.8 Å². The molecular weight excluding hydrogens is 270 g/mol. The first-order valence-corrected chi connectivity index (χ1v) is 7.87. The fourth-order valence-electron chi connectivity index (χ4n) is 2.58. The van der Waals surface area contributed by atoms with E-state index in [4.69, 9.17) is 5.73 Å². The average molecular weight is 289 g/mol. The average Bonchev–Trinajstić information content (AvgIpc) is 3.09. The molecule has 1 aromatic heterocycles. The van der Waals surface area contributed by atoms with Gasteiger partial charge in [0.1, 0.15) is 0 Å². The number of nitrogens with two attached hydrogens (primary N) is 1. The van der Waals surface area contributed by atoms with E-state index in [1.54, 1.807) is 11.8 Å². The zero-order chi connectivity index (χ0) is 13.9. The van der Waals surface area contributed by atoms with Crippen molar-refractivity contribution in [2.75, 3.05) is 0 Å². The third-order valence-corrected chi connectivity index (χ3v) is 4.71. The minimum Gasteiger partial charge on any atom is -0.324 e. The number of tetrazole rings is 1. The van der Waals surface area contributed by atoms with Crippen LogP contribution in [0.1, 0.15) is 50.3 Å². The first kappa shape index (κ1) is 13.6. The molecule has 0 bridgehead atoms. The van der Waals surface area contributed by atoms with Gasteiger partial charge >= 0.3 is 0 Å². The highest BCUT2D eigenvalue weighted by Crippen LogP contribution is 2.33. The lowest BCUT2D eigenvalue weighted by molar-refractivity contribution is 0.423. The maximum absolute atomic E-state index is 5.86. The van der Waals surface area contributed by atoms with Crippen LogP contribution in [0, 0.1) is 0 Å². The summed E-state index contributed by atoms with van der Waals surface area (Å²) in [6.07, 6.45) is 4.92. The van der Waals surface area contributed by atoms with Crippen LogP contribution in [-0.4, -0.2) is 20.2 Å². The number of hydrogen-bond acceptors (Lipinski definition) is 5. The van der Waals surface area contributed by atoms with E-state index in [0.717, 1.165) is 15.6 Å². The zero-order valence-corrected chi connectivity index (χ0v) is 12.4. The van der Waals surface area contributed by atoms with Crippen molar-refractivity contribution in [3.05, 3.63) is 29.8 Å². The highest BCUT2D eigenvalue weighted by Gasteiger charge is 2.21. The Labute approximate surface area is 122 Å². The highest BCUT2D eigenvalue weighted by molar-refractivity contribution is 7.99. The van der Waals surface area contributed by atoms with E-state index in [-0.39, 0.29) is 6.04 Å². The fourth-order valence-corrected chi connectivity index (χ4v) is 3.41. The molecule has 0 amide bonds. The van der Waals surface area contributed by atoms with Crippen LogP contribution in [-0.2, 0) is 0 Å². The predicted molar refractivity (Wildman–Crippen MR) is 78.5 cm³/mol. The molecule has 1 saturated carbocycles. The van der Waals surface area contributed by atoms with E-state index in [0.29, 0.717) is 6.04 Å². The molecule has 1 atom stereocenters. The molecule has 0 aliphatic heterocycles. The largest absolute Gasteiger partial charge is 0.324 e. The molecule has 1 aliphatic carbocycles. The lowest BCUT2D eigenvalue weighted by Gasteiger charge is -2.11. The zero-order valence-electron chi connectivity index (χ0n) is 11.6. The minimum atomic E-state index is 0.0675. The molecule has 0 radical (unpaired) electrons. The SMILES string of the molecule is C[C@H](N)c1ccc(Sc2nnnn2C2CCCC2)cc1. The van der Waals surface area contributed by atoms with Crippen LogP contribution in [0.15, 0.2) is 34.3 Å². The van der Waals surface area contributed by atoms with Crippen LogP contribution in [0.3, 0.4) is 0 Å². The Bertz CT molecular complexity index is 557. The quantitative estimate of drug-likeness (QED) is 0.937. The van der Waals surface area contributed by atoms with Gasteiger partial charge in [-0.3, -0.25) is 0 Å². The van der Waals surface area contributed by atoms with E-state index in [9.17, 15) is 0 Å². The van der Waals surface area contributed by atoms with Crippen molar-refractivity contribution in [3.8, 4) is 0 Å². The molecule has 6 heteroatoms. The normalized spacial score (nSPS) is 17.5. The Hall–Kier alpha value is -1.40. The summed E-state index contributed by atoms with van der Waals surface area (Å²) >= 11 is 1.61. The molecule has 1 aliphatic rings. The van der Waals surface area contributed by atoms with Crippen molar-refractivity contribution < 1.29 is 0 Å². The molecule has 0 unspecified atom stereocenters. The number of aromatic nitrogens is 4. The van der Waals surface area contributed by atoms with Crippen molar-refractivity contribution in [1.82, 2.24) is 20.2 Å². The predicted octanol–water partition coefficient (Wildman–Crippen LogP) is 2.96. The van der Waals surface area contributed by atoms with Gasteiger partial charge in [0.2, 0.25) is 5.16 Å². The molecule has 20 heavy (non-hydrogen) atoms. The van der Waals surface area contributed by atoms with Crippen molar-refractivity contribution in [2.45, 2.75) is 54.7 Å². The summed E-state index contributed by atoms with van der Waals surface area (Å²) in [5, 5.41) is 13.0. The van der Waals surface area contributed by atoms with Gasteiger partial charge in [0.25, 0.3) is 0 Å². The summed E-state index contributed by atoms with van der Waals surface area (Å²) in [5.41, 5.74) is 7.01. The van der Waals surface area contributed by atoms with Crippen LogP contribution in [0.4, 0.5) is 0 Å². The maximum atomic E-state index is 5.86. The topological polar surface area (TPSA) is 69.6 Å². The molecule has 0 spiro atoms. The third-order valence-electron chi connectivity index (χ3n) is 3.75. The lowest BCUT2D eigenvalue weighted by atomic mass is 10.1. The van der Waals surface area contributed by atoms with Crippen LogP contribution >= 0.6 is 11.8 Å². The fraction of sp³-hybridized carbons (Fsp3) is 0.500. The monoisotopic (exact) mass is 289 g/mol. The van der Waals surface area contributed by atoms with Gasteiger partial charge in [0.15, 0.2) is 0 Å². The van der Waals surface area contributed by atoms with Gasteiger partial charge in [-0.05, 0) is 59.7 Å². The van der Waals surface area contributed by atoms with Crippen LogP contribution in [0.2, 0.25) is 0 Å². The second-order valence-electron chi connectivity index (χ2n) is 5.30. The van der Waals surface area contributed by atoms with Crippen molar-refractivity contribution in [2.24, 2.45) is 5.73 Å². The third kappa shape index (κ3) is 2.86. The summed E-state index contributed by atoms with van der Waals surface area (Å²) in [4.78, 5) is 1.14. The second kappa shape index (κ2) is 5.93. The van der Waals surface area contributed by atoms with E-state index in [1.165, 1.54) is 25.7 Å². The Morgan fingerprint density at radius 1 is 1.25 bits per heavy atom. The smallest absolute Gasteiger partial charge is 0.214 e. The number of rotatable bonds is 4. The molecule has 106 valence electrons. The molecular formula is C14H19N5S. The first-order valence-electron chi connectivity index (χ1n) is 7.05. The Morgan fingerprint density at radius 3 is 2.60 bits per heavy atom. The molecule has 1 heterocycles. The molecule has 2 N–H and O–H groups in total. The lowest BCUT2D eigenvalue weighted by Crippen LogP contribution is -2.08. The molecule has 3 rings (SSSR count). The molecule has 2 aromatic rings. The van der Waals surface area contributed by atoms with E-state index in [1.807, 2.05) is 11.6 Å². The summed E-state index contributed by atoms with van der Waals surface area (Å²) in [5.74, 6) is 0. The Kier molecular flexibility index (Phi) is 4.03. The van der Waals surface area contributed by atoms with E-state index in [2.05, 4.69) is 39.8 Å². The first-order chi connectivity index (χ1) is 9.74. The van der Waals surface area contributed by atoms with Gasteiger partial charge in [-0.25, -0.2) is 4.68 Å². The van der Waals surface area contributed by atoms with Crippen LogP contribution in [0.25, 0.3) is 0 Å². The maximum Gasteiger partial charge on any atom is 0.214 e. The Morgan fingerprint density at radius 2 is 1.95 bits per heavy atom. The molecule has 1 aromatic carbocycles. The van der Waals surface area contributed by atoms with Gasteiger partial charge in [-0.2, -0.15) is 0 Å². The molecule has 5 nitrogen and oxygen atoms in total. The second-order valence-corrected chi connectivity index (χ2v) is 6.34. The minimum absolute atomic E-state index is 0.0675. The van der Waals surface area contributed by atoms with Crippen molar-refractivity contribution in [1.29, 1.82) is 0 Å². The number of benzene rings is 1. The number of nitrogens with zero attached hydrogens (tertiary/aromatic N) is 4. The van der Waals surface area contributed by atoms with Gasteiger partial charge in [0, 0.05) is 10.9 Å². The van der Waals surface area contributed by atoms with E-state index < -0.39 is 0 Å². The van der Waals surface area contributed by atoms with Gasteiger partial charge in [-0.15, -0.1) is 5.10 Å². The Balaban J connectivity index is 1.76. The van der Waals surface area contributed by atoms with Crippen LogP contribution in [0.5, 0.6) is 0 Å². The molecule has 1 fully saturated rings. The van der Waals surface area contributed by atoms with Crippen LogP contribution < -0.4 is 5.73 Å². The highest BCUT2D eigenvalue weighted by atomic mass is 32.2. The van der Waals surface area contributed by atoms with Gasteiger partial charge < -0.3 is 5.73 Å². The molecule has 0 saturated heterocycles. The summed E-state index contributed by atoms with van der Waals surface area (Å²) in [7, 11) is 0. The van der Waals surface area contributed by atoms with Crippen molar-refractivity contribution in [3.63, 3.8) is 0 Å². The standard InChI is InChI=1S/C14H19N5S/c1-10(15)11-6-8-13(9-7-11)20-14-16-17-18-19(14)12-4-2-3-5-12/h6-10,12H,2-5,15H2,1H3/t10-/m0/s1. The van der Waals surface area contributed by atoms with Gasteiger partial charge in [0.05, 0.1) is 6.04 Å².